The third-order valence-corrected chi connectivity index (χ3v) is 5.38. The molecule has 140 valence electrons. The molecule has 0 bridgehead atoms. The van der Waals surface area contributed by atoms with E-state index in [1.54, 1.807) is 14.2 Å². The molecule has 1 aliphatic heterocycles. The Labute approximate surface area is 167 Å². The van der Waals surface area contributed by atoms with Crippen molar-refractivity contribution < 1.29 is 14.2 Å². The Kier molecular flexibility index (Phi) is 6.51. The lowest BCUT2D eigenvalue weighted by molar-refractivity contribution is 0.122. The lowest BCUT2D eigenvalue weighted by Crippen LogP contribution is -2.36. The van der Waals surface area contributed by atoms with Crippen molar-refractivity contribution in [1.82, 2.24) is 0 Å². The van der Waals surface area contributed by atoms with E-state index >= 15 is 0 Å². The first kappa shape index (κ1) is 19.1. The van der Waals surface area contributed by atoms with Crippen LogP contribution in [0.4, 0.5) is 11.4 Å². The molecular weight excluding hydrogens is 420 g/mol. The van der Waals surface area contributed by atoms with Crippen molar-refractivity contribution in [2.24, 2.45) is 0 Å². The number of rotatable bonds is 6. The van der Waals surface area contributed by atoms with Gasteiger partial charge in [-0.2, -0.15) is 0 Å². The van der Waals surface area contributed by atoms with Gasteiger partial charge < -0.3 is 24.4 Å². The maximum Gasteiger partial charge on any atom is 0.161 e. The van der Waals surface area contributed by atoms with Gasteiger partial charge in [0.1, 0.15) is 0 Å². The summed E-state index contributed by atoms with van der Waals surface area (Å²) in [7, 11) is 3.26. The first-order valence-electron chi connectivity index (χ1n) is 8.39. The van der Waals surface area contributed by atoms with Crippen LogP contribution in [0.1, 0.15) is 5.56 Å². The molecular formula is C19H22BrClN2O3. The molecule has 5 nitrogen and oxygen atoms in total. The third-order valence-electron chi connectivity index (χ3n) is 4.34. The molecule has 3 rings (SSSR count). The van der Waals surface area contributed by atoms with Gasteiger partial charge in [-0.1, -0.05) is 27.5 Å². The van der Waals surface area contributed by atoms with Crippen LogP contribution < -0.4 is 19.7 Å². The summed E-state index contributed by atoms with van der Waals surface area (Å²) in [6, 6.07) is 9.93. The Morgan fingerprint density at radius 1 is 1.12 bits per heavy atom. The largest absolute Gasteiger partial charge is 0.493 e. The van der Waals surface area contributed by atoms with Gasteiger partial charge in [0, 0.05) is 29.8 Å². The molecule has 0 spiro atoms. The van der Waals surface area contributed by atoms with Crippen LogP contribution in [0.5, 0.6) is 11.5 Å². The number of nitrogens with zero attached hydrogens (tertiary/aromatic N) is 1. The quantitative estimate of drug-likeness (QED) is 0.711. The van der Waals surface area contributed by atoms with Gasteiger partial charge >= 0.3 is 0 Å². The average molecular weight is 442 g/mol. The third kappa shape index (κ3) is 4.37. The molecule has 1 aliphatic rings. The number of ether oxygens (including phenoxy) is 3. The summed E-state index contributed by atoms with van der Waals surface area (Å²) in [5.74, 6) is 1.40. The van der Waals surface area contributed by atoms with Crippen molar-refractivity contribution in [3.05, 3.63) is 45.4 Å². The Morgan fingerprint density at radius 3 is 2.46 bits per heavy atom. The number of hydrogen-bond donors (Lipinski definition) is 1. The minimum atomic E-state index is 0.633. The molecule has 0 atom stereocenters. The standard InChI is InChI=1S/C19H22BrClN2O3/c1-24-18-9-13(15(20)11-19(18)25-2)12-22-14-3-4-17(16(21)10-14)23-5-7-26-8-6-23/h3-4,9-11,22H,5-8,12H2,1-2H3. The molecule has 1 saturated heterocycles. The second kappa shape index (κ2) is 8.84. The Balaban J connectivity index is 1.71. The van der Waals surface area contributed by atoms with Crippen LogP contribution in [0.2, 0.25) is 5.02 Å². The van der Waals surface area contributed by atoms with Gasteiger partial charge in [0.05, 0.1) is 38.1 Å². The zero-order valence-electron chi connectivity index (χ0n) is 14.9. The fraction of sp³-hybridized carbons (Fsp3) is 0.368. The number of anilines is 2. The molecule has 2 aromatic rings. The number of methoxy groups -OCH3 is 2. The number of morpholine rings is 1. The molecule has 26 heavy (non-hydrogen) atoms. The van der Waals surface area contributed by atoms with Gasteiger partial charge in [-0.15, -0.1) is 0 Å². The van der Waals surface area contributed by atoms with Gasteiger partial charge in [-0.05, 0) is 35.9 Å². The molecule has 0 radical (unpaired) electrons. The summed E-state index contributed by atoms with van der Waals surface area (Å²) in [5.41, 5.74) is 3.08. The zero-order chi connectivity index (χ0) is 18.5. The van der Waals surface area contributed by atoms with Crippen molar-refractivity contribution in [3.8, 4) is 11.5 Å². The van der Waals surface area contributed by atoms with E-state index in [2.05, 4.69) is 32.2 Å². The lowest BCUT2D eigenvalue weighted by atomic mass is 10.2. The Hall–Kier alpha value is -1.63. The summed E-state index contributed by atoms with van der Waals surface area (Å²) < 4.78 is 17.0. The molecule has 7 heteroatoms. The molecule has 2 aromatic carbocycles. The normalized spacial score (nSPS) is 14.2. The van der Waals surface area contributed by atoms with Crippen LogP contribution in [-0.4, -0.2) is 40.5 Å². The molecule has 0 unspecified atom stereocenters. The molecule has 1 N–H and O–H groups in total. The highest BCUT2D eigenvalue weighted by Gasteiger charge is 2.15. The van der Waals surface area contributed by atoms with E-state index in [4.69, 9.17) is 25.8 Å². The van der Waals surface area contributed by atoms with Gasteiger partial charge in [0.25, 0.3) is 0 Å². The summed E-state index contributed by atoms with van der Waals surface area (Å²) in [6.07, 6.45) is 0. The fourth-order valence-corrected chi connectivity index (χ4v) is 3.67. The van der Waals surface area contributed by atoms with Crippen LogP contribution in [0, 0.1) is 0 Å². The van der Waals surface area contributed by atoms with Crippen molar-refractivity contribution in [1.29, 1.82) is 0 Å². The average Bonchev–Trinajstić information content (AvgIpc) is 2.67. The maximum absolute atomic E-state index is 6.49. The van der Waals surface area contributed by atoms with Gasteiger partial charge in [-0.25, -0.2) is 0 Å². The molecule has 0 amide bonds. The second-order valence-electron chi connectivity index (χ2n) is 5.92. The number of halogens is 2. The summed E-state index contributed by atoms with van der Waals surface area (Å²) in [5, 5.41) is 4.15. The molecule has 1 fully saturated rings. The zero-order valence-corrected chi connectivity index (χ0v) is 17.2. The van der Waals surface area contributed by atoms with Gasteiger partial charge in [0.15, 0.2) is 11.5 Å². The SMILES string of the molecule is COc1cc(Br)c(CNc2ccc(N3CCOCC3)c(Cl)c2)cc1OC. The Morgan fingerprint density at radius 2 is 1.81 bits per heavy atom. The second-order valence-corrected chi connectivity index (χ2v) is 7.18. The van der Waals surface area contributed by atoms with Crippen LogP contribution >= 0.6 is 27.5 Å². The van der Waals surface area contributed by atoms with E-state index in [9.17, 15) is 0 Å². The predicted molar refractivity (Wildman–Crippen MR) is 109 cm³/mol. The van der Waals surface area contributed by atoms with Crippen molar-refractivity contribution >= 4 is 38.9 Å². The molecule has 0 saturated carbocycles. The lowest BCUT2D eigenvalue weighted by Gasteiger charge is -2.29. The van der Waals surface area contributed by atoms with E-state index in [1.165, 1.54) is 0 Å². The predicted octanol–water partition coefficient (Wildman–Crippen LogP) is 4.57. The smallest absolute Gasteiger partial charge is 0.161 e. The van der Waals surface area contributed by atoms with E-state index in [0.717, 1.165) is 52.7 Å². The van der Waals surface area contributed by atoms with Crippen LogP contribution in [0.3, 0.4) is 0 Å². The Bertz CT molecular complexity index is 767. The van der Waals surface area contributed by atoms with E-state index in [1.807, 2.05) is 24.3 Å². The highest BCUT2D eigenvalue weighted by Crippen LogP contribution is 2.34. The number of hydrogen-bond acceptors (Lipinski definition) is 5. The van der Waals surface area contributed by atoms with Crippen molar-refractivity contribution in [2.45, 2.75) is 6.54 Å². The molecule has 0 aliphatic carbocycles. The molecule has 0 aromatic heterocycles. The van der Waals surface area contributed by atoms with Crippen LogP contribution in [-0.2, 0) is 11.3 Å². The minimum Gasteiger partial charge on any atom is -0.493 e. The maximum atomic E-state index is 6.49. The monoisotopic (exact) mass is 440 g/mol. The highest BCUT2D eigenvalue weighted by atomic mass is 79.9. The summed E-state index contributed by atoms with van der Waals surface area (Å²) in [6.45, 7) is 3.84. The topological polar surface area (TPSA) is 43.0 Å². The summed E-state index contributed by atoms with van der Waals surface area (Å²) in [4.78, 5) is 2.25. The molecule has 1 heterocycles. The minimum absolute atomic E-state index is 0.633. The van der Waals surface area contributed by atoms with Gasteiger partial charge in [-0.3, -0.25) is 0 Å². The van der Waals surface area contributed by atoms with Gasteiger partial charge in [0.2, 0.25) is 0 Å². The van der Waals surface area contributed by atoms with E-state index in [0.29, 0.717) is 18.0 Å². The fourth-order valence-electron chi connectivity index (χ4n) is 2.91. The van der Waals surface area contributed by atoms with E-state index in [-0.39, 0.29) is 0 Å². The van der Waals surface area contributed by atoms with E-state index < -0.39 is 0 Å². The van der Waals surface area contributed by atoms with Crippen molar-refractivity contribution in [2.75, 3.05) is 50.7 Å². The number of benzene rings is 2. The number of nitrogens with one attached hydrogen (secondary N) is 1. The summed E-state index contributed by atoms with van der Waals surface area (Å²) >= 11 is 10.1. The highest BCUT2D eigenvalue weighted by molar-refractivity contribution is 9.10. The van der Waals surface area contributed by atoms with Crippen LogP contribution in [0.25, 0.3) is 0 Å². The van der Waals surface area contributed by atoms with Crippen LogP contribution in [0.15, 0.2) is 34.8 Å². The van der Waals surface area contributed by atoms with Crippen molar-refractivity contribution in [3.63, 3.8) is 0 Å². The first-order chi connectivity index (χ1) is 12.6. The first-order valence-corrected chi connectivity index (χ1v) is 9.56.